The summed E-state index contributed by atoms with van der Waals surface area (Å²) in [7, 11) is 0. The second-order valence-electron chi connectivity index (χ2n) is 8.47. The predicted molar refractivity (Wildman–Crippen MR) is 101 cm³/mol. The third kappa shape index (κ3) is 5.74. The van der Waals surface area contributed by atoms with Crippen LogP contribution in [0.4, 0.5) is 0 Å². The molecule has 17 heteroatoms. The van der Waals surface area contributed by atoms with E-state index in [-0.39, 0.29) is 0 Å². The fourth-order valence-electron chi connectivity index (χ4n) is 3.62. The maximum absolute atomic E-state index is 11.0. The lowest BCUT2D eigenvalue weighted by molar-refractivity contribution is -0.333. The first-order valence-corrected chi connectivity index (χ1v) is 10.6. The molecule has 35 heavy (non-hydrogen) atoms. The number of aliphatic hydroxyl groups is 11. The number of carbonyl (C=O) groups excluding carboxylic acids is 1. The van der Waals surface area contributed by atoms with E-state index in [1.54, 1.807) is 0 Å². The molecule has 3 aliphatic rings. The number of aliphatic hydroxyl groups excluding tert-OH is 10. The minimum Gasteiger partial charge on any atom is -0.414 e. The van der Waals surface area contributed by atoms with E-state index in [9.17, 15) is 61.0 Å². The highest BCUT2D eigenvalue weighted by Crippen LogP contribution is 2.32. The first kappa shape index (κ1) is 28.4. The van der Waals surface area contributed by atoms with Crippen molar-refractivity contribution in [1.82, 2.24) is 0 Å². The van der Waals surface area contributed by atoms with E-state index in [2.05, 4.69) is 4.74 Å². The Balaban J connectivity index is 1.55. The van der Waals surface area contributed by atoms with E-state index >= 15 is 0 Å². The SMILES string of the molecule is O=C1O[C@]1(O)[C@@H](O)[C@H](O)[C@H](O)CO[C@H]1O[C@H](CO[C@H]2O[C@H](CO)[C@@H](O)[C@H](O)[C@H]2O)[C@@H](O)[C@H](O)[C@H]1O. The summed E-state index contributed by atoms with van der Waals surface area (Å²) in [6.07, 6.45) is -22.9. The number of carbonyl (C=O) groups is 1. The van der Waals surface area contributed by atoms with Crippen molar-refractivity contribution in [3.63, 3.8) is 0 Å². The molecule has 0 aliphatic carbocycles. The van der Waals surface area contributed by atoms with Gasteiger partial charge in [-0.2, -0.15) is 0 Å². The van der Waals surface area contributed by atoms with Crippen LogP contribution < -0.4 is 0 Å². The molecule has 0 aromatic carbocycles. The smallest absolute Gasteiger partial charge is 0.385 e. The fourth-order valence-corrected chi connectivity index (χ4v) is 3.62. The second-order valence-corrected chi connectivity index (χ2v) is 8.47. The average Bonchev–Trinajstić information content (AvgIpc) is 3.46. The topological polar surface area (TPSA) is 289 Å². The molecule has 0 unspecified atom stereocenters. The Morgan fingerprint density at radius 2 is 1.29 bits per heavy atom. The molecule has 3 aliphatic heterocycles. The van der Waals surface area contributed by atoms with Crippen LogP contribution in [0.3, 0.4) is 0 Å². The minimum atomic E-state index is -2.67. The van der Waals surface area contributed by atoms with Crippen molar-refractivity contribution < 1.29 is 84.7 Å². The fraction of sp³-hybridized carbons (Fsp3) is 0.944. The van der Waals surface area contributed by atoms with Crippen LogP contribution in [0.1, 0.15) is 0 Å². The van der Waals surface area contributed by atoms with Crippen molar-refractivity contribution in [3.05, 3.63) is 0 Å². The highest BCUT2D eigenvalue weighted by Gasteiger charge is 2.65. The third-order valence-electron chi connectivity index (χ3n) is 5.99. The summed E-state index contributed by atoms with van der Waals surface area (Å²) in [6.45, 7) is -2.19. The largest absolute Gasteiger partial charge is 0.414 e. The Morgan fingerprint density at radius 1 is 0.800 bits per heavy atom. The molecule has 0 radical (unpaired) electrons. The Morgan fingerprint density at radius 3 is 1.80 bits per heavy atom. The van der Waals surface area contributed by atoms with Gasteiger partial charge in [-0.15, -0.1) is 0 Å². The maximum Gasteiger partial charge on any atom is 0.385 e. The number of cyclic esters (lactones) is 1. The molecule has 0 bridgehead atoms. The quantitative estimate of drug-likeness (QED) is 0.120. The third-order valence-corrected chi connectivity index (χ3v) is 5.99. The second kappa shape index (κ2) is 11.1. The van der Waals surface area contributed by atoms with Crippen molar-refractivity contribution in [1.29, 1.82) is 0 Å². The van der Waals surface area contributed by atoms with E-state index in [1.807, 2.05) is 0 Å². The maximum atomic E-state index is 11.0. The zero-order valence-electron chi connectivity index (χ0n) is 18.0. The number of hydrogen-bond donors (Lipinski definition) is 11. The summed E-state index contributed by atoms with van der Waals surface area (Å²) in [6, 6.07) is 0. The lowest BCUT2D eigenvalue weighted by Gasteiger charge is -2.42. The summed E-state index contributed by atoms with van der Waals surface area (Å²) in [4.78, 5) is 11.0. The van der Waals surface area contributed by atoms with Crippen LogP contribution >= 0.6 is 0 Å². The lowest BCUT2D eigenvalue weighted by Crippen LogP contribution is -2.62. The molecular formula is C18H30O17. The van der Waals surface area contributed by atoms with Crippen molar-refractivity contribution in [2.45, 2.75) is 85.5 Å². The van der Waals surface area contributed by atoms with Gasteiger partial charge in [0.1, 0.15) is 61.0 Å². The number of hydrogen-bond acceptors (Lipinski definition) is 17. The molecule has 17 nitrogen and oxygen atoms in total. The Kier molecular flexibility index (Phi) is 9.01. The van der Waals surface area contributed by atoms with E-state index < -0.39 is 111 Å². The molecule has 3 saturated heterocycles. The van der Waals surface area contributed by atoms with Gasteiger partial charge in [-0.25, -0.2) is 4.79 Å². The summed E-state index contributed by atoms with van der Waals surface area (Å²) in [5.41, 5.74) is 0. The number of rotatable bonds is 10. The van der Waals surface area contributed by atoms with Gasteiger partial charge in [-0.05, 0) is 0 Å². The van der Waals surface area contributed by atoms with Gasteiger partial charge in [0.2, 0.25) is 0 Å². The van der Waals surface area contributed by atoms with Gasteiger partial charge < -0.3 is 79.9 Å². The zero-order chi connectivity index (χ0) is 26.2. The number of ether oxygens (including phenoxy) is 5. The highest BCUT2D eigenvalue weighted by atomic mass is 16.8. The van der Waals surface area contributed by atoms with Crippen LogP contribution in [0.15, 0.2) is 0 Å². The van der Waals surface area contributed by atoms with Gasteiger partial charge >= 0.3 is 11.8 Å². The van der Waals surface area contributed by atoms with E-state index in [0.29, 0.717) is 0 Å². The highest BCUT2D eigenvalue weighted by molar-refractivity contribution is 5.91. The van der Waals surface area contributed by atoms with Crippen LogP contribution in [0.2, 0.25) is 0 Å². The predicted octanol–water partition coefficient (Wildman–Crippen LogP) is -8.04. The van der Waals surface area contributed by atoms with Gasteiger partial charge in [0.15, 0.2) is 18.7 Å². The van der Waals surface area contributed by atoms with Crippen LogP contribution in [-0.4, -0.2) is 167 Å². The van der Waals surface area contributed by atoms with Crippen molar-refractivity contribution in [3.8, 4) is 0 Å². The van der Waals surface area contributed by atoms with Gasteiger partial charge in [0.25, 0.3) is 0 Å². The molecule has 3 rings (SSSR count). The Hall–Kier alpha value is -1.13. The first-order chi connectivity index (χ1) is 16.3. The first-order valence-electron chi connectivity index (χ1n) is 10.6. The van der Waals surface area contributed by atoms with E-state index in [0.717, 1.165) is 0 Å². The van der Waals surface area contributed by atoms with Crippen molar-refractivity contribution in [2.75, 3.05) is 19.8 Å². The molecule has 0 amide bonds. The Labute approximate surface area is 196 Å². The molecule has 0 saturated carbocycles. The molecule has 3 heterocycles. The summed E-state index contributed by atoms with van der Waals surface area (Å²) >= 11 is 0. The van der Waals surface area contributed by atoms with Gasteiger partial charge in [-0.3, -0.25) is 0 Å². The number of epoxide rings is 1. The normalized spacial score (nSPS) is 46.5. The van der Waals surface area contributed by atoms with Gasteiger partial charge in [0, 0.05) is 0 Å². The Bertz CT molecular complexity index is 723. The zero-order valence-corrected chi connectivity index (χ0v) is 18.0. The van der Waals surface area contributed by atoms with Crippen LogP contribution in [0.25, 0.3) is 0 Å². The monoisotopic (exact) mass is 518 g/mol. The van der Waals surface area contributed by atoms with Gasteiger partial charge in [-0.1, -0.05) is 0 Å². The average molecular weight is 518 g/mol. The van der Waals surface area contributed by atoms with Crippen LogP contribution in [-0.2, 0) is 28.5 Å². The summed E-state index contributed by atoms with van der Waals surface area (Å²) in [5, 5.41) is 108. The molecule has 11 N–H and O–H groups in total. The molecule has 0 aromatic rings. The van der Waals surface area contributed by atoms with Crippen LogP contribution in [0.5, 0.6) is 0 Å². The summed E-state index contributed by atoms with van der Waals surface area (Å²) < 4.78 is 25.0. The molecular weight excluding hydrogens is 488 g/mol. The molecule has 204 valence electrons. The minimum absolute atomic E-state index is 0.621. The molecule has 0 spiro atoms. The standard InChI is InChI=1S/C18H30O17/c19-1-5-8(22)10(24)12(26)16(33-5)32-3-6-9(23)11(25)13(27)15(34-6)31-2-4(20)7(21)14(28)18(30)17(29)35-18/h4-16,19-28,30H,1-3H2/t4-,5-,6-,7-,8-,9-,10+,11+,12-,13-,14+,15+,16+,18-/m1/s1. The van der Waals surface area contributed by atoms with Crippen molar-refractivity contribution >= 4 is 5.97 Å². The van der Waals surface area contributed by atoms with Crippen LogP contribution in [0, 0.1) is 0 Å². The van der Waals surface area contributed by atoms with E-state index in [1.165, 1.54) is 0 Å². The van der Waals surface area contributed by atoms with Crippen molar-refractivity contribution in [2.24, 2.45) is 0 Å². The lowest BCUT2D eigenvalue weighted by atomic mass is 9.98. The summed E-state index contributed by atoms with van der Waals surface area (Å²) in [5.74, 6) is -3.89. The molecule has 3 fully saturated rings. The van der Waals surface area contributed by atoms with E-state index in [4.69, 9.17) is 18.9 Å². The molecule has 14 atom stereocenters. The van der Waals surface area contributed by atoms with Gasteiger partial charge in [0.05, 0.1) is 19.8 Å². The molecule has 0 aromatic heterocycles.